The summed E-state index contributed by atoms with van der Waals surface area (Å²) in [7, 11) is 0. The summed E-state index contributed by atoms with van der Waals surface area (Å²) in [5, 5.41) is 5.96. The zero-order chi connectivity index (χ0) is 12.7. The minimum Gasteiger partial charge on any atom is -0.354 e. The Morgan fingerprint density at radius 2 is 2.06 bits per heavy atom. The first-order chi connectivity index (χ1) is 8.13. The summed E-state index contributed by atoms with van der Waals surface area (Å²) in [6.45, 7) is 5.43. The molecule has 3 nitrogen and oxygen atoms in total. The zero-order valence-corrected chi connectivity index (χ0v) is 11.5. The van der Waals surface area contributed by atoms with Gasteiger partial charge in [-0.05, 0) is 25.1 Å². The molecule has 0 radical (unpaired) electrons. The van der Waals surface area contributed by atoms with Crippen LogP contribution in [-0.4, -0.2) is 25.0 Å². The third-order valence-corrected chi connectivity index (χ3v) is 2.47. The number of benzene rings is 1. The molecule has 0 saturated heterocycles. The second-order valence-corrected chi connectivity index (χ2v) is 4.03. The number of halogens is 2. The van der Waals surface area contributed by atoms with Gasteiger partial charge in [-0.25, -0.2) is 4.39 Å². The molecule has 1 amide bonds. The SMILES string of the molecule is CCN[C@H](C)CNC(=O)Cc1ccccc1F.Cl. The minimum atomic E-state index is -0.331. The maximum Gasteiger partial charge on any atom is 0.224 e. The zero-order valence-electron chi connectivity index (χ0n) is 10.7. The largest absolute Gasteiger partial charge is 0.354 e. The van der Waals surface area contributed by atoms with Crippen molar-refractivity contribution >= 4 is 18.3 Å². The Morgan fingerprint density at radius 1 is 1.39 bits per heavy atom. The maximum absolute atomic E-state index is 13.3. The first-order valence-corrected chi connectivity index (χ1v) is 5.87. The number of carbonyl (C=O) groups excluding carboxylic acids is 1. The Hall–Kier alpha value is -1.13. The van der Waals surface area contributed by atoms with Crippen LogP contribution in [0.25, 0.3) is 0 Å². The van der Waals surface area contributed by atoms with Crippen LogP contribution < -0.4 is 10.6 Å². The standard InChI is InChI=1S/C13H19FN2O.ClH/c1-3-15-10(2)9-16-13(17)8-11-6-4-5-7-12(11)14;/h4-7,10,15H,3,8-9H2,1-2H3,(H,16,17);1H/t10-;/m1./s1. The number of carbonyl (C=O) groups is 1. The fourth-order valence-corrected chi connectivity index (χ4v) is 1.56. The minimum absolute atomic E-state index is 0. The third-order valence-electron chi connectivity index (χ3n) is 2.47. The molecule has 2 N–H and O–H groups in total. The fraction of sp³-hybridized carbons (Fsp3) is 0.462. The van der Waals surface area contributed by atoms with E-state index in [9.17, 15) is 9.18 Å². The Balaban J connectivity index is 0.00000289. The molecule has 0 saturated carbocycles. The van der Waals surface area contributed by atoms with E-state index in [-0.39, 0.29) is 36.6 Å². The number of nitrogens with one attached hydrogen (secondary N) is 2. The molecule has 0 aliphatic heterocycles. The highest BCUT2D eigenvalue weighted by Gasteiger charge is 2.08. The van der Waals surface area contributed by atoms with Crippen LogP contribution in [0.3, 0.4) is 0 Å². The molecule has 0 aromatic heterocycles. The Morgan fingerprint density at radius 3 is 2.67 bits per heavy atom. The average molecular weight is 275 g/mol. The van der Waals surface area contributed by atoms with Gasteiger partial charge in [-0.2, -0.15) is 0 Å². The van der Waals surface area contributed by atoms with Crippen molar-refractivity contribution in [2.45, 2.75) is 26.3 Å². The predicted molar refractivity (Wildman–Crippen MR) is 73.5 cm³/mol. The van der Waals surface area contributed by atoms with Crippen LogP contribution in [0.15, 0.2) is 24.3 Å². The van der Waals surface area contributed by atoms with Crippen LogP contribution in [-0.2, 0) is 11.2 Å². The van der Waals surface area contributed by atoms with Gasteiger partial charge in [-0.1, -0.05) is 25.1 Å². The fourth-order valence-electron chi connectivity index (χ4n) is 1.56. The number of amides is 1. The lowest BCUT2D eigenvalue weighted by Gasteiger charge is -2.13. The lowest BCUT2D eigenvalue weighted by atomic mass is 10.1. The molecule has 102 valence electrons. The van der Waals surface area contributed by atoms with Crippen LogP contribution >= 0.6 is 12.4 Å². The molecule has 1 aromatic rings. The van der Waals surface area contributed by atoms with Crippen LogP contribution in [0.1, 0.15) is 19.4 Å². The summed E-state index contributed by atoms with van der Waals surface area (Å²) in [5.74, 6) is -0.484. The smallest absolute Gasteiger partial charge is 0.224 e. The van der Waals surface area contributed by atoms with Gasteiger partial charge < -0.3 is 10.6 Å². The van der Waals surface area contributed by atoms with Crippen molar-refractivity contribution < 1.29 is 9.18 Å². The van der Waals surface area contributed by atoms with E-state index in [0.29, 0.717) is 12.1 Å². The summed E-state index contributed by atoms with van der Waals surface area (Å²) in [6, 6.07) is 6.56. The van der Waals surface area contributed by atoms with Crippen molar-refractivity contribution in [3.05, 3.63) is 35.6 Å². The van der Waals surface area contributed by atoms with E-state index in [2.05, 4.69) is 10.6 Å². The van der Waals surface area contributed by atoms with Crippen molar-refractivity contribution in [3.63, 3.8) is 0 Å². The number of hydrogen-bond donors (Lipinski definition) is 2. The molecule has 0 bridgehead atoms. The van der Waals surface area contributed by atoms with Crippen molar-refractivity contribution in [1.29, 1.82) is 0 Å². The molecule has 0 spiro atoms. The first-order valence-electron chi connectivity index (χ1n) is 5.87. The maximum atomic E-state index is 13.3. The van der Waals surface area contributed by atoms with Gasteiger partial charge >= 0.3 is 0 Å². The van der Waals surface area contributed by atoms with Crippen molar-refractivity contribution in [2.75, 3.05) is 13.1 Å². The van der Waals surface area contributed by atoms with Gasteiger partial charge in [0.2, 0.25) is 5.91 Å². The molecular formula is C13H20ClFN2O. The van der Waals surface area contributed by atoms with Gasteiger partial charge in [-0.3, -0.25) is 4.79 Å². The summed E-state index contributed by atoms with van der Waals surface area (Å²) in [5.41, 5.74) is 0.432. The lowest BCUT2D eigenvalue weighted by molar-refractivity contribution is -0.120. The van der Waals surface area contributed by atoms with Gasteiger partial charge in [0.25, 0.3) is 0 Å². The molecule has 18 heavy (non-hydrogen) atoms. The molecule has 0 heterocycles. The molecule has 1 rings (SSSR count). The average Bonchev–Trinajstić information content (AvgIpc) is 2.30. The second-order valence-electron chi connectivity index (χ2n) is 4.03. The molecule has 5 heteroatoms. The molecule has 1 aromatic carbocycles. The first kappa shape index (κ1) is 16.9. The monoisotopic (exact) mass is 274 g/mol. The third kappa shape index (κ3) is 5.98. The predicted octanol–water partition coefficient (Wildman–Crippen LogP) is 1.90. The molecule has 0 unspecified atom stereocenters. The van der Waals surface area contributed by atoms with Gasteiger partial charge in [-0.15, -0.1) is 12.4 Å². The molecule has 0 fully saturated rings. The van der Waals surface area contributed by atoms with Crippen molar-refractivity contribution in [2.24, 2.45) is 0 Å². The van der Waals surface area contributed by atoms with Crippen LogP contribution in [0.2, 0.25) is 0 Å². The second kappa shape index (κ2) is 8.89. The Kier molecular flexibility index (Phi) is 8.33. The van der Waals surface area contributed by atoms with E-state index >= 15 is 0 Å². The quantitative estimate of drug-likeness (QED) is 0.832. The van der Waals surface area contributed by atoms with Crippen LogP contribution in [0, 0.1) is 5.82 Å². The van der Waals surface area contributed by atoms with E-state index in [1.54, 1.807) is 18.2 Å². The molecule has 0 aliphatic carbocycles. The Labute approximate surface area is 114 Å². The molecular weight excluding hydrogens is 255 g/mol. The summed E-state index contributed by atoms with van der Waals surface area (Å²) in [6.07, 6.45) is 0.0888. The highest BCUT2D eigenvalue weighted by atomic mass is 35.5. The summed E-state index contributed by atoms with van der Waals surface area (Å²) in [4.78, 5) is 11.6. The van der Waals surface area contributed by atoms with Crippen molar-refractivity contribution in [3.8, 4) is 0 Å². The topological polar surface area (TPSA) is 41.1 Å². The molecule has 0 aliphatic rings. The van der Waals surface area contributed by atoms with Crippen molar-refractivity contribution in [1.82, 2.24) is 10.6 Å². The number of hydrogen-bond acceptors (Lipinski definition) is 2. The van der Waals surface area contributed by atoms with Gasteiger partial charge in [0.05, 0.1) is 6.42 Å². The summed E-state index contributed by atoms with van der Waals surface area (Å²) < 4.78 is 13.3. The highest BCUT2D eigenvalue weighted by molar-refractivity contribution is 5.85. The van der Waals surface area contributed by atoms with E-state index in [1.165, 1.54) is 6.07 Å². The number of likely N-dealkylation sites (N-methyl/N-ethyl adjacent to an activating group) is 1. The van der Waals surface area contributed by atoms with E-state index in [4.69, 9.17) is 0 Å². The summed E-state index contributed by atoms with van der Waals surface area (Å²) >= 11 is 0. The molecule has 1 atom stereocenters. The van der Waals surface area contributed by atoms with Crippen LogP contribution in [0.5, 0.6) is 0 Å². The Bertz CT molecular complexity index is 374. The van der Waals surface area contributed by atoms with Gasteiger partial charge in [0, 0.05) is 12.6 Å². The lowest BCUT2D eigenvalue weighted by Crippen LogP contribution is -2.39. The van der Waals surface area contributed by atoms with E-state index in [0.717, 1.165) is 6.54 Å². The normalized spacial score (nSPS) is 11.5. The van der Waals surface area contributed by atoms with Gasteiger partial charge in [0.15, 0.2) is 0 Å². The van der Waals surface area contributed by atoms with Crippen LogP contribution in [0.4, 0.5) is 4.39 Å². The highest BCUT2D eigenvalue weighted by Crippen LogP contribution is 2.06. The number of rotatable bonds is 6. The van der Waals surface area contributed by atoms with E-state index in [1.807, 2.05) is 13.8 Å². The van der Waals surface area contributed by atoms with E-state index < -0.39 is 0 Å². The van der Waals surface area contributed by atoms with Gasteiger partial charge in [0.1, 0.15) is 5.82 Å².